The Morgan fingerprint density at radius 3 is 1.55 bits per heavy atom. The molecule has 0 atom stereocenters. The smallest absolute Gasteiger partial charge is 0.423 e. The molecule has 0 unspecified atom stereocenters. The minimum absolute atomic E-state index is 0.171. The maximum absolute atomic E-state index is 8.31. The van der Waals surface area contributed by atoms with Crippen LogP contribution in [-0.2, 0) is 9.31 Å². The minimum atomic E-state index is -1.27. The quantitative estimate of drug-likeness (QED) is 0.764. The van der Waals surface area contributed by atoms with Gasteiger partial charge in [0.2, 0.25) is 0 Å². The third-order valence-corrected chi connectivity index (χ3v) is 3.94. The molecular weight excluding hydrogens is 254 g/mol. The third kappa shape index (κ3) is 5.09. The van der Waals surface area contributed by atoms with E-state index >= 15 is 0 Å². The molecule has 6 heteroatoms. The first-order valence-electron chi connectivity index (χ1n) is 6.96. The Labute approximate surface area is 124 Å². The fourth-order valence-electron chi connectivity index (χ4n) is 1.31. The Bertz CT molecular complexity index is 357. The van der Waals surface area contributed by atoms with Crippen LogP contribution >= 0.6 is 0 Å². The summed E-state index contributed by atoms with van der Waals surface area (Å²) in [5.41, 5.74) is 1.28. The Morgan fingerprint density at radius 1 is 0.950 bits per heavy atom. The van der Waals surface area contributed by atoms with E-state index < -0.39 is 7.12 Å². The zero-order valence-corrected chi connectivity index (χ0v) is 14.0. The van der Waals surface area contributed by atoms with Gasteiger partial charge in [-0.25, -0.2) is 0 Å². The highest BCUT2D eigenvalue weighted by molar-refractivity contribution is 6.54. The van der Waals surface area contributed by atoms with E-state index in [1.165, 1.54) is 0 Å². The molecule has 0 aromatic carbocycles. The molecule has 1 aliphatic heterocycles. The molecular formula is C14H28B2O4. The van der Waals surface area contributed by atoms with Crippen molar-refractivity contribution in [2.45, 2.75) is 66.6 Å². The summed E-state index contributed by atoms with van der Waals surface area (Å²) in [7, 11) is -1.44. The normalized spacial score (nSPS) is 21.4. The molecule has 0 aromatic heterocycles. The van der Waals surface area contributed by atoms with E-state index in [0.717, 1.165) is 5.47 Å². The molecule has 1 fully saturated rings. The van der Waals surface area contributed by atoms with Crippen LogP contribution in [-0.4, -0.2) is 35.5 Å². The molecule has 4 nitrogen and oxygen atoms in total. The van der Waals surface area contributed by atoms with Crippen molar-refractivity contribution < 1.29 is 19.4 Å². The first-order chi connectivity index (χ1) is 8.98. The van der Waals surface area contributed by atoms with Gasteiger partial charge in [-0.1, -0.05) is 12.2 Å². The first-order valence-corrected chi connectivity index (χ1v) is 6.96. The molecule has 0 aromatic rings. The van der Waals surface area contributed by atoms with E-state index in [-0.39, 0.29) is 18.3 Å². The zero-order valence-electron chi connectivity index (χ0n) is 14.0. The lowest BCUT2D eigenvalue weighted by Gasteiger charge is -2.32. The average Bonchev–Trinajstić information content (AvgIpc) is 2.57. The van der Waals surface area contributed by atoms with Gasteiger partial charge in [0.25, 0.3) is 0 Å². The molecule has 114 valence electrons. The first kappa shape index (κ1) is 19.4. The van der Waals surface area contributed by atoms with Crippen LogP contribution in [0.5, 0.6) is 0 Å². The van der Waals surface area contributed by atoms with Crippen molar-refractivity contribution in [1.82, 2.24) is 0 Å². The van der Waals surface area contributed by atoms with Crippen molar-refractivity contribution in [3.63, 3.8) is 0 Å². The summed E-state index contributed by atoms with van der Waals surface area (Å²) in [6.45, 7) is 15.7. The highest BCUT2D eigenvalue weighted by Gasteiger charge is 2.51. The van der Waals surface area contributed by atoms with Crippen LogP contribution in [0.4, 0.5) is 0 Å². The van der Waals surface area contributed by atoms with E-state index in [9.17, 15) is 0 Å². The fourth-order valence-corrected chi connectivity index (χ4v) is 1.31. The van der Waals surface area contributed by atoms with Gasteiger partial charge in [0.1, 0.15) is 0 Å². The topological polar surface area (TPSA) is 58.9 Å². The molecule has 2 N–H and O–H groups in total. The summed E-state index contributed by atoms with van der Waals surface area (Å²) in [5, 5.41) is 16.6. The third-order valence-electron chi connectivity index (χ3n) is 3.94. The van der Waals surface area contributed by atoms with E-state index in [0.29, 0.717) is 5.47 Å². The molecule has 0 spiro atoms. The Morgan fingerprint density at radius 2 is 1.35 bits per heavy atom. The second kappa shape index (κ2) is 7.46. The minimum Gasteiger partial charge on any atom is -0.423 e. The number of hydrogen-bond donors (Lipinski definition) is 2. The molecule has 0 radical (unpaired) electrons. The summed E-state index contributed by atoms with van der Waals surface area (Å²) in [5.74, 6) is 0. The van der Waals surface area contributed by atoms with Crippen LogP contribution in [0.2, 0.25) is 0 Å². The summed E-state index contributed by atoms with van der Waals surface area (Å²) in [6.07, 6.45) is 3.69. The zero-order chi connectivity index (χ0) is 16.1. The predicted molar refractivity (Wildman–Crippen MR) is 85.1 cm³/mol. The summed E-state index contributed by atoms with van der Waals surface area (Å²) < 4.78 is 11.7. The van der Waals surface area contributed by atoms with Gasteiger partial charge in [0.05, 0.1) is 11.2 Å². The maximum atomic E-state index is 8.31. The molecule has 0 amide bonds. The van der Waals surface area contributed by atoms with Gasteiger partial charge in [0, 0.05) is 0 Å². The highest BCUT2D eigenvalue weighted by atomic mass is 16.7. The Kier molecular flexibility index (Phi) is 7.25. The van der Waals surface area contributed by atoms with Crippen LogP contribution in [0.25, 0.3) is 0 Å². The lowest BCUT2D eigenvalue weighted by molar-refractivity contribution is 0.00578. The molecule has 20 heavy (non-hydrogen) atoms. The van der Waals surface area contributed by atoms with Gasteiger partial charge >= 0.3 is 14.2 Å². The van der Waals surface area contributed by atoms with Gasteiger partial charge in [-0.3, -0.25) is 0 Å². The summed E-state index contributed by atoms with van der Waals surface area (Å²) in [4.78, 5) is 0. The SMILES string of the molecule is C/C=C(/C)B(O)O.C/C=C(/C)B1OC(C)(C)C(C)(C)O1. The van der Waals surface area contributed by atoms with Crippen LogP contribution in [0.1, 0.15) is 55.4 Å². The van der Waals surface area contributed by atoms with Crippen LogP contribution < -0.4 is 0 Å². The van der Waals surface area contributed by atoms with Crippen LogP contribution in [0.15, 0.2) is 23.1 Å². The van der Waals surface area contributed by atoms with E-state index in [1.807, 2.05) is 19.9 Å². The molecule has 1 rings (SSSR count). The number of allylic oxidation sites excluding steroid dienone is 4. The van der Waals surface area contributed by atoms with E-state index in [4.69, 9.17) is 19.4 Å². The summed E-state index contributed by atoms with van der Waals surface area (Å²) in [6, 6.07) is 0. The van der Waals surface area contributed by atoms with Gasteiger partial charge in [-0.05, 0) is 66.3 Å². The van der Waals surface area contributed by atoms with Crippen molar-refractivity contribution in [3.05, 3.63) is 23.1 Å². The molecule has 1 saturated heterocycles. The van der Waals surface area contributed by atoms with Gasteiger partial charge in [-0.2, -0.15) is 0 Å². The van der Waals surface area contributed by atoms with Crippen LogP contribution in [0.3, 0.4) is 0 Å². The molecule has 1 aliphatic rings. The van der Waals surface area contributed by atoms with Crippen molar-refractivity contribution in [2.75, 3.05) is 0 Å². The van der Waals surface area contributed by atoms with Crippen molar-refractivity contribution in [1.29, 1.82) is 0 Å². The second-order valence-electron chi connectivity index (χ2n) is 6.03. The maximum Gasteiger partial charge on any atom is 0.489 e. The van der Waals surface area contributed by atoms with Gasteiger partial charge in [0.15, 0.2) is 0 Å². The molecule has 1 heterocycles. The fraction of sp³-hybridized carbons (Fsp3) is 0.714. The van der Waals surface area contributed by atoms with Gasteiger partial charge < -0.3 is 19.4 Å². The summed E-state index contributed by atoms with van der Waals surface area (Å²) >= 11 is 0. The predicted octanol–water partition coefficient (Wildman–Crippen LogP) is 2.55. The molecule has 0 saturated carbocycles. The van der Waals surface area contributed by atoms with Crippen LogP contribution in [0, 0.1) is 0 Å². The Hall–Kier alpha value is -0.550. The lowest BCUT2D eigenvalue weighted by Crippen LogP contribution is -2.41. The molecule has 0 bridgehead atoms. The number of hydrogen-bond acceptors (Lipinski definition) is 4. The molecule has 0 aliphatic carbocycles. The monoisotopic (exact) mass is 282 g/mol. The van der Waals surface area contributed by atoms with Crippen molar-refractivity contribution in [3.8, 4) is 0 Å². The average molecular weight is 282 g/mol. The standard InChI is InChI=1S/C10H19BO2.C4H9BO2/c1-7-8(2)11-12-9(3,4)10(5,6)13-11;1-3-4(2)5(6)7/h7H,1-6H3;3,6-7H,1-2H3/b8-7-;4-3-. The number of rotatable bonds is 2. The van der Waals surface area contributed by atoms with Crippen molar-refractivity contribution >= 4 is 14.2 Å². The largest absolute Gasteiger partial charge is 0.489 e. The lowest BCUT2D eigenvalue weighted by atomic mass is 9.79. The van der Waals surface area contributed by atoms with Gasteiger partial charge in [-0.15, -0.1) is 0 Å². The Balaban J connectivity index is 0.000000441. The second-order valence-corrected chi connectivity index (χ2v) is 6.03. The van der Waals surface area contributed by atoms with Crippen molar-refractivity contribution in [2.24, 2.45) is 0 Å². The highest BCUT2D eigenvalue weighted by Crippen LogP contribution is 2.38. The van der Waals surface area contributed by atoms with E-state index in [1.54, 1.807) is 19.9 Å². The van der Waals surface area contributed by atoms with E-state index in [2.05, 4.69) is 27.7 Å².